The Morgan fingerprint density at radius 3 is 2.93 bits per heavy atom. The molecular formula is C20H18N2O4S. The summed E-state index contributed by atoms with van der Waals surface area (Å²) in [5, 5.41) is 2.04. The molecule has 2 aromatic heterocycles. The average Bonchev–Trinajstić information content (AvgIpc) is 3.35. The number of nitrogens with zero attached hydrogens (tertiary/aromatic N) is 2. The topological polar surface area (TPSA) is 72.6 Å². The first-order valence-electron chi connectivity index (χ1n) is 8.67. The van der Waals surface area contributed by atoms with Crippen LogP contribution in [0.2, 0.25) is 0 Å². The van der Waals surface area contributed by atoms with Crippen LogP contribution in [0, 0.1) is 0 Å². The van der Waals surface area contributed by atoms with Crippen molar-refractivity contribution in [2.45, 2.75) is 19.4 Å². The molecule has 7 heteroatoms. The average molecular weight is 382 g/mol. The molecule has 0 atom stereocenters. The maximum absolute atomic E-state index is 12.3. The van der Waals surface area contributed by atoms with E-state index in [0.29, 0.717) is 24.7 Å². The molecule has 0 bridgehead atoms. The Morgan fingerprint density at radius 2 is 2.07 bits per heavy atom. The molecule has 0 spiro atoms. The van der Waals surface area contributed by atoms with Gasteiger partial charge in [0.05, 0.1) is 12.1 Å². The lowest BCUT2D eigenvalue weighted by atomic mass is 10.1. The number of carbonyl (C=O) groups excluding carboxylic acids is 2. The molecule has 6 nitrogen and oxygen atoms in total. The SMILES string of the molecule is O=C(Cc1coc(-c2ccccc2)n1)OCC(=O)N1CCc2sccc2C1. The maximum Gasteiger partial charge on any atom is 0.312 e. The van der Waals surface area contributed by atoms with Crippen molar-refractivity contribution in [3.63, 3.8) is 0 Å². The second-order valence-electron chi connectivity index (χ2n) is 6.28. The third-order valence-corrected chi connectivity index (χ3v) is 5.44. The van der Waals surface area contributed by atoms with Crippen molar-refractivity contribution in [3.8, 4) is 11.5 Å². The first kappa shape index (κ1) is 17.5. The van der Waals surface area contributed by atoms with Crippen LogP contribution in [0.1, 0.15) is 16.1 Å². The van der Waals surface area contributed by atoms with E-state index in [4.69, 9.17) is 9.15 Å². The minimum absolute atomic E-state index is 0.0295. The fourth-order valence-electron chi connectivity index (χ4n) is 3.00. The monoisotopic (exact) mass is 382 g/mol. The maximum atomic E-state index is 12.3. The number of benzene rings is 1. The third kappa shape index (κ3) is 4.09. The minimum Gasteiger partial charge on any atom is -0.455 e. The summed E-state index contributed by atoms with van der Waals surface area (Å²) in [6.45, 7) is 0.994. The molecule has 27 heavy (non-hydrogen) atoms. The molecule has 3 aromatic rings. The number of esters is 1. The Bertz CT molecular complexity index is 948. The van der Waals surface area contributed by atoms with E-state index in [9.17, 15) is 9.59 Å². The van der Waals surface area contributed by atoms with Gasteiger partial charge in [0.2, 0.25) is 5.89 Å². The standard InChI is InChI=1S/C20H18N2O4S/c23-18(22-8-6-17-15(11-22)7-9-27-17)13-25-19(24)10-16-12-26-20(21-16)14-4-2-1-3-5-14/h1-5,7,9,12H,6,8,10-11,13H2. The van der Waals surface area contributed by atoms with Gasteiger partial charge in [0.15, 0.2) is 6.61 Å². The summed E-state index contributed by atoms with van der Waals surface area (Å²) in [6.07, 6.45) is 2.26. The highest BCUT2D eigenvalue weighted by atomic mass is 32.1. The number of aromatic nitrogens is 1. The van der Waals surface area contributed by atoms with Gasteiger partial charge in [0, 0.05) is 23.5 Å². The number of thiophene rings is 1. The van der Waals surface area contributed by atoms with E-state index >= 15 is 0 Å². The van der Waals surface area contributed by atoms with Gasteiger partial charge in [-0.3, -0.25) is 9.59 Å². The number of amides is 1. The van der Waals surface area contributed by atoms with Crippen molar-refractivity contribution in [2.75, 3.05) is 13.2 Å². The van der Waals surface area contributed by atoms with Crippen molar-refractivity contribution in [2.24, 2.45) is 0 Å². The van der Waals surface area contributed by atoms with Crippen LogP contribution in [0.4, 0.5) is 0 Å². The zero-order chi connectivity index (χ0) is 18.6. The fourth-order valence-corrected chi connectivity index (χ4v) is 3.88. The molecule has 1 aromatic carbocycles. The number of carbonyl (C=O) groups is 2. The van der Waals surface area contributed by atoms with E-state index in [0.717, 1.165) is 12.0 Å². The molecule has 0 saturated carbocycles. The number of hydrogen-bond donors (Lipinski definition) is 0. The normalized spacial score (nSPS) is 13.3. The predicted molar refractivity (Wildman–Crippen MR) is 100 cm³/mol. The van der Waals surface area contributed by atoms with Crippen LogP contribution in [0.25, 0.3) is 11.5 Å². The summed E-state index contributed by atoms with van der Waals surface area (Å²) < 4.78 is 10.5. The molecule has 138 valence electrons. The molecule has 0 unspecified atom stereocenters. The van der Waals surface area contributed by atoms with Crippen LogP contribution in [0.3, 0.4) is 0 Å². The van der Waals surface area contributed by atoms with Gasteiger partial charge in [-0.05, 0) is 35.6 Å². The van der Waals surface area contributed by atoms with Crippen LogP contribution in [0.15, 0.2) is 52.5 Å². The highest BCUT2D eigenvalue weighted by Gasteiger charge is 2.22. The molecular weight excluding hydrogens is 364 g/mol. The van der Waals surface area contributed by atoms with Gasteiger partial charge >= 0.3 is 5.97 Å². The van der Waals surface area contributed by atoms with E-state index in [1.807, 2.05) is 41.8 Å². The van der Waals surface area contributed by atoms with E-state index in [2.05, 4.69) is 4.98 Å². The lowest BCUT2D eigenvalue weighted by Crippen LogP contribution is -2.38. The Labute approximate surface area is 160 Å². The van der Waals surface area contributed by atoms with Gasteiger partial charge in [-0.15, -0.1) is 11.3 Å². The molecule has 0 N–H and O–H groups in total. The number of ether oxygens (including phenoxy) is 1. The Balaban J connectivity index is 1.28. The van der Waals surface area contributed by atoms with Crippen molar-refractivity contribution in [3.05, 3.63) is 64.2 Å². The van der Waals surface area contributed by atoms with E-state index in [-0.39, 0.29) is 18.9 Å². The number of oxazole rings is 1. The molecule has 1 amide bonds. The van der Waals surface area contributed by atoms with Crippen molar-refractivity contribution in [1.29, 1.82) is 0 Å². The first-order chi connectivity index (χ1) is 13.2. The van der Waals surface area contributed by atoms with Gasteiger partial charge in [0.1, 0.15) is 6.26 Å². The van der Waals surface area contributed by atoms with Gasteiger partial charge in [0.25, 0.3) is 5.91 Å². The van der Waals surface area contributed by atoms with Gasteiger partial charge in [-0.25, -0.2) is 4.98 Å². The highest BCUT2D eigenvalue weighted by molar-refractivity contribution is 7.10. The fraction of sp³-hybridized carbons (Fsp3) is 0.250. The van der Waals surface area contributed by atoms with E-state index in [1.54, 1.807) is 16.2 Å². The highest BCUT2D eigenvalue weighted by Crippen LogP contribution is 2.24. The quantitative estimate of drug-likeness (QED) is 0.634. The predicted octanol–water partition coefficient (Wildman–Crippen LogP) is 3.07. The molecule has 1 aliphatic rings. The second kappa shape index (κ2) is 7.75. The number of rotatable bonds is 5. The van der Waals surface area contributed by atoms with Crippen LogP contribution in [-0.2, 0) is 33.7 Å². The molecule has 0 fully saturated rings. The number of hydrogen-bond acceptors (Lipinski definition) is 6. The molecule has 0 radical (unpaired) electrons. The molecule has 1 aliphatic heterocycles. The number of fused-ring (bicyclic) bond motifs is 1. The second-order valence-corrected chi connectivity index (χ2v) is 7.28. The third-order valence-electron chi connectivity index (χ3n) is 4.41. The molecule has 4 rings (SSSR count). The first-order valence-corrected chi connectivity index (χ1v) is 9.55. The van der Waals surface area contributed by atoms with E-state index in [1.165, 1.54) is 16.7 Å². The Hall–Kier alpha value is -2.93. The zero-order valence-corrected chi connectivity index (χ0v) is 15.4. The Morgan fingerprint density at radius 1 is 1.22 bits per heavy atom. The molecule has 3 heterocycles. The van der Waals surface area contributed by atoms with Crippen molar-refractivity contribution in [1.82, 2.24) is 9.88 Å². The summed E-state index contributed by atoms with van der Waals surface area (Å²) in [7, 11) is 0. The van der Waals surface area contributed by atoms with Gasteiger partial charge in [-0.1, -0.05) is 18.2 Å². The van der Waals surface area contributed by atoms with Crippen molar-refractivity contribution >= 4 is 23.2 Å². The molecule has 0 aliphatic carbocycles. The smallest absolute Gasteiger partial charge is 0.312 e. The van der Waals surface area contributed by atoms with Gasteiger partial charge < -0.3 is 14.1 Å². The van der Waals surface area contributed by atoms with Crippen LogP contribution < -0.4 is 0 Å². The minimum atomic E-state index is -0.496. The summed E-state index contributed by atoms with van der Waals surface area (Å²) in [5.74, 6) is -0.218. The largest absolute Gasteiger partial charge is 0.455 e. The summed E-state index contributed by atoms with van der Waals surface area (Å²) >= 11 is 1.72. The van der Waals surface area contributed by atoms with Crippen LogP contribution >= 0.6 is 11.3 Å². The lowest BCUT2D eigenvalue weighted by Gasteiger charge is -2.26. The van der Waals surface area contributed by atoms with Gasteiger partial charge in [-0.2, -0.15) is 0 Å². The zero-order valence-electron chi connectivity index (χ0n) is 14.6. The molecule has 0 saturated heterocycles. The summed E-state index contributed by atoms with van der Waals surface area (Å²) in [4.78, 5) is 31.7. The van der Waals surface area contributed by atoms with E-state index < -0.39 is 5.97 Å². The summed E-state index contributed by atoms with van der Waals surface area (Å²) in [5.41, 5.74) is 2.50. The van der Waals surface area contributed by atoms with Crippen LogP contribution in [0.5, 0.6) is 0 Å². The summed E-state index contributed by atoms with van der Waals surface area (Å²) in [6, 6.07) is 11.5. The Kier molecular flexibility index (Phi) is 5.02. The lowest BCUT2D eigenvalue weighted by molar-refractivity contribution is -0.151. The van der Waals surface area contributed by atoms with Crippen LogP contribution in [-0.4, -0.2) is 34.9 Å². The van der Waals surface area contributed by atoms with Crippen molar-refractivity contribution < 1.29 is 18.7 Å².